The van der Waals surface area contributed by atoms with Crippen molar-refractivity contribution in [1.29, 1.82) is 0 Å². The van der Waals surface area contributed by atoms with Gasteiger partial charge in [0.2, 0.25) is 11.8 Å². The summed E-state index contributed by atoms with van der Waals surface area (Å²) in [5.74, 6) is -0.423. The van der Waals surface area contributed by atoms with Crippen LogP contribution in [0.25, 0.3) is 11.5 Å². The number of anilines is 1. The first-order valence-electron chi connectivity index (χ1n) is 10.8. The van der Waals surface area contributed by atoms with E-state index in [9.17, 15) is 13.2 Å². The number of aryl methyl sites for hydroxylation is 2. The zero-order valence-corrected chi connectivity index (χ0v) is 19.1. The molecule has 1 aromatic carbocycles. The molecule has 8 nitrogen and oxygen atoms in total. The molecule has 1 aliphatic heterocycles. The third-order valence-electron chi connectivity index (χ3n) is 6.09. The quantitative estimate of drug-likeness (QED) is 0.607. The highest BCUT2D eigenvalue weighted by Crippen LogP contribution is 2.29. The second-order valence-electron chi connectivity index (χ2n) is 8.23. The lowest BCUT2D eigenvalue weighted by Gasteiger charge is -2.30. The van der Waals surface area contributed by atoms with Gasteiger partial charge in [0.05, 0.1) is 5.92 Å². The van der Waals surface area contributed by atoms with Gasteiger partial charge in [0, 0.05) is 18.7 Å². The number of sulfonamides is 1. The summed E-state index contributed by atoms with van der Waals surface area (Å²) in [5, 5.41) is 12.5. The van der Waals surface area contributed by atoms with Crippen molar-refractivity contribution in [3.8, 4) is 11.5 Å². The monoisotopic (exact) mass is 472 g/mol. The number of hydrogen-bond donors (Lipinski definition) is 1. The van der Waals surface area contributed by atoms with Gasteiger partial charge in [-0.1, -0.05) is 17.2 Å². The van der Waals surface area contributed by atoms with E-state index < -0.39 is 15.9 Å². The van der Waals surface area contributed by atoms with E-state index in [4.69, 9.17) is 4.42 Å². The number of nitrogens with one attached hydrogen (secondary N) is 1. The Morgan fingerprint density at radius 1 is 1.12 bits per heavy atom. The van der Waals surface area contributed by atoms with Crippen LogP contribution < -0.4 is 5.32 Å². The second-order valence-corrected chi connectivity index (χ2v) is 11.3. The predicted molar refractivity (Wildman–Crippen MR) is 121 cm³/mol. The normalized spacial score (nSPS) is 19.4. The van der Waals surface area contributed by atoms with Crippen LogP contribution in [0, 0.1) is 5.92 Å². The molecule has 0 radical (unpaired) electrons. The number of nitrogens with zero attached hydrogens (tertiary/aromatic N) is 3. The molecule has 0 bridgehead atoms. The molecule has 1 saturated heterocycles. The zero-order chi connectivity index (χ0) is 22.1. The van der Waals surface area contributed by atoms with Crippen LogP contribution in [0.3, 0.4) is 0 Å². The molecular weight excluding hydrogens is 448 g/mol. The third kappa shape index (κ3) is 4.22. The summed E-state index contributed by atoms with van der Waals surface area (Å²) in [5.41, 5.74) is 3.52. The van der Waals surface area contributed by atoms with Crippen molar-refractivity contribution in [3.05, 3.63) is 46.8 Å². The fraction of sp³-hybridized carbons (Fsp3) is 0.409. The van der Waals surface area contributed by atoms with Gasteiger partial charge >= 0.3 is 6.01 Å². The summed E-state index contributed by atoms with van der Waals surface area (Å²) in [6, 6.07) is 9.49. The molecule has 1 atom stereocenters. The summed E-state index contributed by atoms with van der Waals surface area (Å²) in [6.45, 7) is 0.547. The fourth-order valence-corrected chi connectivity index (χ4v) is 7.04. The summed E-state index contributed by atoms with van der Waals surface area (Å²) in [7, 11) is -3.58. The highest BCUT2D eigenvalue weighted by atomic mass is 32.2. The first-order chi connectivity index (χ1) is 15.5. The van der Waals surface area contributed by atoms with Crippen molar-refractivity contribution < 1.29 is 17.6 Å². The SMILES string of the molecule is O=C(Nc1nnc(-c2ccc3c(c2)CCCC3)o1)C1CCCN(S(=O)(=O)c2cccs2)C1. The van der Waals surface area contributed by atoms with E-state index in [-0.39, 0.29) is 18.5 Å². The predicted octanol–water partition coefficient (Wildman–Crippen LogP) is 3.72. The minimum Gasteiger partial charge on any atom is -0.403 e. The van der Waals surface area contributed by atoms with Gasteiger partial charge < -0.3 is 4.42 Å². The molecule has 1 N–H and O–H groups in total. The van der Waals surface area contributed by atoms with Gasteiger partial charge in [0.15, 0.2) is 0 Å². The minimum absolute atomic E-state index is 0.0287. The van der Waals surface area contributed by atoms with E-state index >= 15 is 0 Å². The Labute approximate surface area is 190 Å². The van der Waals surface area contributed by atoms with Crippen LogP contribution >= 0.6 is 11.3 Å². The lowest BCUT2D eigenvalue weighted by molar-refractivity contribution is -0.121. The Hall–Kier alpha value is -2.56. The second kappa shape index (κ2) is 8.76. The number of fused-ring (bicyclic) bond motifs is 1. The van der Waals surface area contributed by atoms with Crippen LogP contribution in [0.15, 0.2) is 44.3 Å². The molecule has 3 aromatic rings. The first-order valence-corrected chi connectivity index (χ1v) is 13.1. The van der Waals surface area contributed by atoms with E-state index in [1.54, 1.807) is 17.5 Å². The zero-order valence-electron chi connectivity index (χ0n) is 17.5. The van der Waals surface area contributed by atoms with Crippen LogP contribution in [0.2, 0.25) is 0 Å². The fourth-order valence-electron chi connectivity index (χ4n) is 4.38. The Morgan fingerprint density at radius 2 is 1.97 bits per heavy atom. The largest absolute Gasteiger partial charge is 0.403 e. The van der Waals surface area contributed by atoms with Gasteiger partial charge in [-0.3, -0.25) is 10.1 Å². The number of benzene rings is 1. The highest BCUT2D eigenvalue weighted by molar-refractivity contribution is 7.91. The van der Waals surface area contributed by atoms with E-state index in [0.29, 0.717) is 29.5 Å². The van der Waals surface area contributed by atoms with Gasteiger partial charge in [-0.05, 0) is 73.2 Å². The van der Waals surface area contributed by atoms with Crippen molar-refractivity contribution in [3.63, 3.8) is 0 Å². The molecule has 10 heteroatoms. The standard InChI is InChI=1S/C22H24N4O4S2/c27-20(18-7-3-11-26(14-18)32(28,29)19-8-4-12-31-19)23-22-25-24-21(30-22)17-10-9-15-5-1-2-6-16(15)13-17/h4,8-10,12-13,18H,1-3,5-7,11,14H2,(H,23,25,27). The maximum absolute atomic E-state index is 12.8. The maximum atomic E-state index is 12.8. The van der Waals surface area contributed by atoms with Crippen molar-refractivity contribution in [2.45, 2.75) is 42.7 Å². The third-order valence-corrected chi connectivity index (χ3v) is 9.33. The first kappa shape index (κ1) is 21.3. The number of piperidine rings is 1. The molecule has 1 aliphatic carbocycles. The summed E-state index contributed by atoms with van der Waals surface area (Å²) in [4.78, 5) is 12.8. The molecule has 1 fully saturated rings. The Morgan fingerprint density at radius 3 is 2.78 bits per heavy atom. The number of carbonyl (C=O) groups excluding carboxylic acids is 1. The number of hydrogen-bond acceptors (Lipinski definition) is 7. The highest BCUT2D eigenvalue weighted by Gasteiger charge is 2.34. The van der Waals surface area contributed by atoms with E-state index in [1.165, 1.54) is 39.6 Å². The van der Waals surface area contributed by atoms with Crippen molar-refractivity contribution in [1.82, 2.24) is 14.5 Å². The lowest BCUT2D eigenvalue weighted by atomic mass is 9.90. The van der Waals surface area contributed by atoms with Crippen molar-refractivity contribution in [2.24, 2.45) is 5.92 Å². The van der Waals surface area contributed by atoms with E-state index in [0.717, 1.165) is 18.4 Å². The number of carbonyl (C=O) groups is 1. The van der Waals surface area contributed by atoms with Gasteiger partial charge in [-0.25, -0.2) is 8.42 Å². The molecule has 168 valence electrons. The average Bonchev–Trinajstić information content (AvgIpc) is 3.52. The Balaban J connectivity index is 1.26. The summed E-state index contributed by atoms with van der Waals surface area (Å²) in [6.07, 6.45) is 5.77. The number of aromatic nitrogens is 2. The maximum Gasteiger partial charge on any atom is 0.322 e. The summed E-state index contributed by atoms with van der Waals surface area (Å²) >= 11 is 1.18. The molecule has 2 aliphatic rings. The van der Waals surface area contributed by atoms with E-state index in [2.05, 4.69) is 27.6 Å². The Kier molecular flexibility index (Phi) is 5.83. The van der Waals surface area contributed by atoms with Crippen LogP contribution in [0.1, 0.15) is 36.8 Å². The molecule has 1 amide bonds. The molecule has 3 heterocycles. The molecule has 2 aromatic heterocycles. The van der Waals surface area contributed by atoms with Crippen LogP contribution in [0.4, 0.5) is 6.01 Å². The van der Waals surface area contributed by atoms with E-state index in [1.807, 2.05) is 6.07 Å². The average molecular weight is 473 g/mol. The van der Waals surface area contributed by atoms with Crippen LogP contribution in [0.5, 0.6) is 0 Å². The summed E-state index contributed by atoms with van der Waals surface area (Å²) < 4.78 is 33.0. The molecule has 1 unspecified atom stereocenters. The molecule has 0 saturated carbocycles. The Bertz CT molecular complexity index is 1220. The molecular formula is C22H24N4O4S2. The smallest absolute Gasteiger partial charge is 0.322 e. The van der Waals surface area contributed by atoms with Crippen LogP contribution in [-0.2, 0) is 27.7 Å². The topological polar surface area (TPSA) is 105 Å². The van der Waals surface area contributed by atoms with Gasteiger partial charge in [0.1, 0.15) is 4.21 Å². The van der Waals surface area contributed by atoms with Gasteiger partial charge in [0.25, 0.3) is 10.0 Å². The number of rotatable bonds is 5. The van der Waals surface area contributed by atoms with Crippen LogP contribution in [-0.4, -0.2) is 41.9 Å². The minimum atomic E-state index is -3.58. The van der Waals surface area contributed by atoms with Gasteiger partial charge in [-0.2, -0.15) is 4.31 Å². The van der Waals surface area contributed by atoms with Gasteiger partial charge in [-0.15, -0.1) is 16.4 Å². The molecule has 0 spiro atoms. The molecule has 32 heavy (non-hydrogen) atoms. The van der Waals surface area contributed by atoms with Crippen molar-refractivity contribution in [2.75, 3.05) is 18.4 Å². The number of amides is 1. The number of thiophene rings is 1. The van der Waals surface area contributed by atoms with Crippen molar-refractivity contribution >= 4 is 33.3 Å². The lowest BCUT2D eigenvalue weighted by Crippen LogP contribution is -2.43. The molecule has 5 rings (SSSR count).